The molecule has 1 aromatic rings. The van der Waals surface area contributed by atoms with Crippen molar-refractivity contribution >= 4 is 29.5 Å². The minimum Gasteiger partial charge on any atom is -0.491 e. The summed E-state index contributed by atoms with van der Waals surface area (Å²) in [6.07, 6.45) is 11.6. The van der Waals surface area contributed by atoms with Crippen molar-refractivity contribution in [1.82, 2.24) is 20.6 Å². The molecule has 2 N–H and O–H groups in total. The highest BCUT2D eigenvalue weighted by atomic mass is 35.5. The Hall–Kier alpha value is -3.52. The van der Waals surface area contributed by atoms with E-state index in [4.69, 9.17) is 16.3 Å². The SMILES string of the molecule is C=C/C(=C\c1cnccn1)C(=O)NC(=C)CCNC(=O)CO/C=C/C=C(/Cl)C(=C)F. The number of allylic oxidation sites excluding steroid dienone is 4. The Labute approximate surface area is 179 Å². The Balaban J connectivity index is 2.34. The van der Waals surface area contributed by atoms with E-state index in [1.54, 1.807) is 6.08 Å². The monoisotopic (exact) mass is 432 g/mol. The van der Waals surface area contributed by atoms with Crippen LogP contribution in [0.5, 0.6) is 0 Å². The summed E-state index contributed by atoms with van der Waals surface area (Å²) < 4.78 is 17.6. The maximum absolute atomic E-state index is 12.6. The van der Waals surface area contributed by atoms with Gasteiger partial charge in [0, 0.05) is 36.6 Å². The Bertz CT molecular complexity index is 879. The highest BCUT2D eigenvalue weighted by Gasteiger charge is 2.08. The maximum Gasteiger partial charge on any atom is 0.257 e. The predicted molar refractivity (Wildman–Crippen MR) is 114 cm³/mol. The third-order valence-corrected chi connectivity index (χ3v) is 3.63. The topological polar surface area (TPSA) is 93.2 Å². The Kier molecular flexibility index (Phi) is 11.1. The van der Waals surface area contributed by atoms with Crippen molar-refractivity contribution in [3.63, 3.8) is 0 Å². The first-order chi connectivity index (χ1) is 14.3. The van der Waals surface area contributed by atoms with E-state index < -0.39 is 11.7 Å². The minimum absolute atomic E-state index is 0.161. The quantitative estimate of drug-likeness (QED) is 0.300. The molecule has 0 aliphatic carbocycles. The van der Waals surface area contributed by atoms with Gasteiger partial charge < -0.3 is 15.4 Å². The van der Waals surface area contributed by atoms with Crippen LogP contribution >= 0.6 is 11.6 Å². The van der Waals surface area contributed by atoms with Gasteiger partial charge in [-0.15, -0.1) is 0 Å². The number of hydrogen-bond acceptors (Lipinski definition) is 5. The lowest BCUT2D eigenvalue weighted by Crippen LogP contribution is -2.30. The third-order valence-electron chi connectivity index (χ3n) is 3.30. The van der Waals surface area contributed by atoms with Crippen LogP contribution < -0.4 is 10.6 Å². The lowest BCUT2D eigenvalue weighted by Gasteiger charge is -2.10. The second-order valence-corrected chi connectivity index (χ2v) is 6.06. The molecule has 9 heteroatoms. The second kappa shape index (κ2) is 13.6. The smallest absolute Gasteiger partial charge is 0.257 e. The molecule has 30 heavy (non-hydrogen) atoms. The second-order valence-electron chi connectivity index (χ2n) is 5.65. The van der Waals surface area contributed by atoms with Gasteiger partial charge in [-0.3, -0.25) is 19.6 Å². The summed E-state index contributed by atoms with van der Waals surface area (Å²) in [5, 5.41) is 5.08. The van der Waals surface area contributed by atoms with E-state index in [0.29, 0.717) is 23.4 Å². The summed E-state index contributed by atoms with van der Waals surface area (Å²) >= 11 is 5.51. The lowest BCUT2D eigenvalue weighted by molar-refractivity contribution is -0.124. The van der Waals surface area contributed by atoms with E-state index in [1.807, 2.05) is 0 Å². The maximum atomic E-state index is 12.6. The van der Waals surface area contributed by atoms with Crippen LogP contribution in [-0.2, 0) is 14.3 Å². The Morgan fingerprint density at radius 2 is 2.07 bits per heavy atom. The number of ether oxygens (including phenoxy) is 1. The van der Waals surface area contributed by atoms with Crippen LogP contribution in [-0.4, -0.2) is 34.9 Å². The van der Waals surface area contributed by atoms with Crippen LogP contribution in [0.4, 0.5) is 4.39 Å². The molecule has 0 atom stereocenters. The van der Waals surface area contributed by atoms with Gasteiger partial charge in [-0.1, -0.05) is 37.4 Å². The molecule has 0 aromatic carbocycles. The molecule has 0 aliphatic heterocycles. The van der Waals surface area contributed by atoms with Crippen LogP contribution in [0.3, 0.4) is 0 Å². The standard InChI is InChI=1S/C21H22ClFN4O3/c1-4-17(12-18-13-24-9-10-25-18)21(29)27-15(2)7-8-26-20(28)14-30-11-5-6-19(22)16(3)23/h4-6,9-13H,1-3,7-8,14H2,(H,26,28)(H,27,29)/b11-5+,17-12+,19-6+. The zero-order valence-corrected chi connectivity index (χ0v) is 17.0. The fraction of sp³-hybridized carbons (Fsp3) is 0.143. The fourth-order valence-electron chi connectivity index (χ4n) is 1.85. The normalized spacial score (nSPS) is 11.7. The van der Waals surface area contributed by atoms with Gasteiger partial charge in [-0.2, -0.15) is 0 Å². The largest absolute Gasteiger partial charge is 0.491 e. The first-order valence-corrected chi connectivity index (χ1v) is 9.06. The van der Waals surface area contributed by atoms with Crippen LogP contribution in [0.2, 0.25) is 0 Å². The molecule has 0 bridgehead atoms. The van der Waals surface area contributed by atoms with Crippen LogP contribution in [0.15, 0.2) is 84.9 Å². The van der Waals surface area contributed by atoms with Crippen molar-refractivity contribution in [2.45, 2.75) is 6.42 Å². The highest BCUT2D eigenvalue weighted by Crippen LogP contribution is 2.13. The molecule has 1 aromatic heterocycles. The van der Waals surface area contributed by atoms with Gasteiger partial charge >= 0.3 is 0 Å². The molecular weight excluding hydrogens is 411 g/mol. The van der Waals surface area contributed by atoms with E-state index in [-0.39, 0.29) is 24.1 Å². The van der Waals surface area contributed by atoms with Gasteiger partial charge in [0.05, 0.1) is 23.2 Å². The highest BCUT2D eigenvalue weighted by molar-refractivity contribution is 6.31. The van der Waals surface area contributed by atoms with Gasteiger partial charge in [-0.05, 0) is 18.2 Å². The molecule has 0 aliphatic rings. The molecule has 1 rings (SSSR count). The van der Waals surface area contributed by atoms with E-state index in [0.717, 1.165) is 0 Å². The van der Waals surface area contributed by atoms with Gasteiger partial charge in [0.2, 0.25) is 0 Å². The van der Waals surface area contributed by atoms with E-state index >= 15 is 0 Å². The van der Waals surface area contributed by atoms with Crippen molar-refractivity contribution in [1.29, 1.82) is 0 Å². The third kappa shape index (κ3) is 10.1. The fourth-order valence-corrected chi connectivity index (χ4v) is 1.93. The van der Waals surface area contributed by atoms with Crippen molar-refractivity contribution in [2.24, 2.45) is 0 Å². The molecule has 1 heterocycles. The summed E-state index contributed by atoms with van der Waals surface area (Å²) in [5.74, 6) is -1.54. The average molecular weight is 433 g/mol. The summed E-state index contributed by atoms with van der Waals surface area (Å²) in [6, 6.07) is 0. The number of amides is 2. The first kappa shape index (κ1) is 24.5. The van der Waals surface area contributed by atoms with E-state index in [1.165, 1.54) is 43.1 Å². The molecule has 0 saturated heterocycles. The molecule has 0 unspecified atom stereocenters. The summed E-state index contributed by atoms with van der Waals surface area (Å²) in [6.45, 7) is 10.4. The molecular formula is C21H22ClFN4O3. The zero-order valence-electron chi connectivity index (χ0n) is 16.2. The number of halogens is 2. The molecule has 0 fully saturated rings. The molecule has 0 spiro atoms. The molecule has 158 valence electrons. The number of rotatable bonds is 12. The Morgan fingerprint density at radius 1 is 1.30 bits per heavy atom. The summed E-state index contributed by atoms with van der Waals surface area (Å²) in [4.78, 5) is 31.9. The van der Waals surface area contributed by atoms with Crippen LogP contribution in [0.25, 0.3) is 6.08 Å². The van der Waals surface area contributed by atoms with Crippen LogP contribution in [0.1, 0.15) is 12.1 Å². The van der Waals surface area contributed by atoms with Crippen molar-refractivity contribution in [2.75, 3.05) is 13.2 Å². The van der Waals surface area contributed by atoms with E-state index in [2.05, 4.69) is 40.3 Å². The number of hydrogen-bond donors (Lipinski definition) is 2. The van der Waals surface area contributed by atoms with Crippen molar-refractivity contribution < 1.29 is 18.7 Å². The predicted octanol–water partition coefficient (Wildman–Crippen LogP) is 3.32. The van der Waals surface area contributed by atoms with Crippen LogP contribution in [0, 0.1) is 0 Å². The van der Waals surface area contributed by atoms with Gasteiger partial charge in [0.1, 0.15) is 5.83 Å². The number of carbonyl (C=O) groups is 2. The average Bonchev–Trinajstić information content (AvgIpc) is 2.72. The molecule has 0 saturated carbocycles. The van der Waals surface area contributed by atoms with Crippen molar-refractivity contribution in [3.05, 3.63) is 90.6 Å². The molecule has 2 amide bonds. The van der Waals surface area contributed by atoms with E-state index in [9.17, 15) is 14.0 Å². The Morgan fingerprint density at radius 3 is 2.70 bits per heavy atom. The van der Waals surface area contributed by atoms with Gasteiger partial charge in [0.25, 0.3) is 11.8 Å². The number of aromatic nitrogens is 2. The summed E-state index contributed by atoms with van der Waals surface area (Å²) in [5.41, 5.74) is 1.23. The molecule has 0 radical (unpaired) electrons. The number of nitrogens with zero attached hydrogens (tertiary/aromatic N) is 2. The van der Waals surface area contributed by atoms with Gasteiger partial charge in [-0.25, -0.2) is 4.39 Å². The number of carbonyl (C=O) groups excluding carboxylic acids is 2. The molecule has 7 nitrogen and oxygen atoms in total. The summed E-state index contributed by atoms with van der Waals surface area (Å²) in [7, 11) is 0. The number of nitrogens with one attached hydrogen (secondary N) is 2. The zero-order chi connectivity index (χ0) is 22.4. The first-order valence-electron chi connectivity index (χ1n) is 8.68. The minimum atomic E-state index is -0.768. The lowest BCUT2D eigenvalue weighted by atomic mass is 10.2. The van der Waals surface area contributed by atoms with Gasteiger partial charge in [0.15, 0.2) is 6.61 Å². The van der Waals surface area contributed by atoms with Crippen molar-refractivity contribution in [3.8, 4) is 0 Å².